The number of hydrogen-bond acceptors (Lipinski definition) is 3. The van der Waals surface area contributed by atoms with Crippen LogP contribution in [0.3, 0.4) is 0 Å². The molecule has 2 aliphatic heterocycles. The first-order chi connectivity index (χ1) is 13.5. The lowest BCUT2D eigenvalue weighted by atomic mass is 9.95. The number of aliphatic hydroxyl groups is 1. The average Bonchev–Trinajstić information content (AvgIpc) is 3.25. The zero-order chi connectivity index (χ0) is 19.5. The van der Waals surface area contributed by atoms with Crippen molar-refractivity contribution in [3.63, 3.8) is 0 Å². The Morgan fingerprint density at radius 1 is 1.29 bits per heavy atom. The van der Waals surface area contributed by atoms with Crippen LogP contribution in [0.1, 0.15) is 42.6 Å². The molecule has 5 rings (SSSR count). The van der Waals surface area contributed by atoms with Gasteiger partial charge in [-0.05, 0) is 61.7 Å². The first kappa shape index (κ1) is 18.1. The summed E-state index contributed by atoms with van der Waals surface area (Å²) in [5.41, 5.74) is 2.92. The summed E-state index contributed by atoms with van der Waals surface area (Å²) in [5, 5.41) is 12.6. The molecule has 1 aromatic carbocycles. The molecule has 0 aliphatic carbocycles. The smallest absolute Gasteiger partial charge is 0.125 e. The molecule has 28 heavy (non-hydrogen) atoms. The van der Waals surface area contributed by atoms with E-state index >= 15 is 0 Å². The molecular formula is C22H23ClFN3O. The number of fused-ring (bicyclic) bond motifs is 5. The minimum absolute atomic E-state index is 0.312. The number of pyridine rings is 1. The van der Waals surface area contributed by atoms with Crippen LogP contribution in [0.2, 0.25) is 5.02 Å². The van der Waals surface area contributed by atoms with Crippen LogP contribution in [-0.4, -0.2) is 32.6 Å². The van der Waals surface area contributed by atoms with Gasteiger partial charge in [0.25, 0.3) is 0 Å². The van der Waals surface area contributed by atoms with Gasteiger partial charge in [-0.2, -0.15) is 0 Å². The van der Waals surface area contributed by atoms with Crippen LogP contribution in [0.4, 0.5) is 4.39 Å². The summed E-state index contributed by atoms with van der Waals surface area (Å²) in [4.78, 5) is 6.54. The first-order valence-corrected chi connectivity index (χ1v) is 10.2. The van der Waals surface area contributed by atoms with Gasteiger partial charge in [0, 0.05) is 42.5 Å². The standard InChI is InChI=1S/C22H23ClFN3O/c1-22(28,14-4-7-25-8-5-14)13-27-19-6-10-26-9-2-3-18(26)20(19)16-11-15(24)12-17(23)21(16)27/h4-5,7-8,11-12,18,28H,2-3,6,9-10,13H2,1H3. The number of rotatable bonds is 3. The van der Waals surface area contributed by atoms with E-state index in [2.05, 4.69) is 14.5 Å². The van der Waals surface area contributed by atoms with Gasteiger partial charge in [0.15, 0.2) is 0 Å². The third-order valence-corrected chi connectivity index (χ3v) is 6.61. The number of benzene rings is 1. The van der Waals surface area contributed by atoms with E-state index in [9.17, 15) is 9.50 Å². The highest BCUT2D eigenvalue weighted by molar-refractivity contribution is 6.35. The van der Waals surface area contributed by atoms with Gasteiger partial charge < -0.3 is 9.67 Å². The molecule has 2 aliphatic rings. The van der Waals surface area contributed by atoms with E-state index in [0.717, 1.165) is 48.8 Å². The molecule has 4 heterocycles. The second kappa shape index (κ2) is 6.55. The fourth-order valence-electron chi connectivity index (χ4n) is 5.08. The summed E-state index contributed by atoms with van der Waals surface area (Å²) in [6.07, 6.45) is 6.50. The van der Waals surface area contributed by atoms with Crippen LogP contribution >= 0.6 is 11.6 Å². The minimum Gasteiger partial charge on any atom is -0.384 e. The van der Waals surface area contributed by atoms with Gasteiger partial charge in [0.05, 0.1) is 17.1 Å². The molecular weight excluding hydrogens is 377 g/mol. The maximum atomic E-state index is 14.3. The third-order valence-electron chi connectivity index (χ3n) is 6.33. The Bertz CT molecular complexity index is 1050. The molecule has 3 aromatic rings. The molecule has 0 radical (unpaired) electrons. The van der Waals surface area contributed by atoms with Crippen LogP contribution in [0.15, 0.2) is 36.7 Å². The van der Waals surface area contributed by atoms with Crippen molar-refractivity contribution in [2.75, 3.05) is 13.1 Å². The monoisotopic (exact) mass is 399 g/mol. The molecule has 0 saturated carbocycles. The van der Waals surface area contributed by atoms with E-state index in [1.165, 1.54) is 17.3 Å². The van der Waals surface area contributed by atoms with Crippen LogP contribution in [-0.2, 0) is 18.6 Å². The minimum atomic E-state index is -1.09. The highest BCUT2D eigenvalue weighted by Crippen LogP contribution is 2.45. The lowest BCUT2D eigenvalue weighted by Gasteiger charge is -2.32. The maximum Gasteiger partial charge on any atom is 0.125 e. The fourth-order valence-corrected chi connectivity index (χ4v) is 5.39. The maximum absolute atomic E-state index is 14.3. The molecule has 146 valence electrons. The third kappa shape index (κ3) is 2.76. The largest absolute Gasteiger partial charge is 0.384 e. The molecule has 1 fully saturated rings. The molecule has 6 heteroatoms. The molecule has 0 bridgehead atoms. The molecule has 0 amide bonds. The Morgan fingerprint density at radius 3 is 2.86 bits per heavy atom. The Balaban J connectivity index is 1.71. The zero-order valence-corrected chi connectivity index (χ0v) is 16.6. The van der Waals surface area contributed by atoms with Crippen LogP contribution in [0, 0.1) is 5.82 Å². The van der Waals surface area contributed by atoms with E-state index in [0.29, 0.717) is 17.6 Å². The van der Waals surface area contributed by atoms with Crippen molar-refractivity contribution in [3.05, 3.63) is 64.3 Å². The van der Waals surface area contributed by atoms with E-state index in [4.69, 9.17) is 11.6 Å². The Morgan fingerprint density at radius 2 is 2.07 bits per heavy atom. The van der Waals surface area contributed by atoms with Crippen molar-refractivity contribution in [3.8, 4) is 0 Å². The van der Waals surface area contributed by atoms with Crippen LogP contribution in [0.25, 0.3) is 10.9 Å². The topological polar surface area (TPSA) is 41.3 Å². The van der Waals surface area contributed by atoms with Crippen LogP contribution in [0.5, 0.6) is 0 Å². The molecule has 2 atom stereocenters. The lowest BCUT2D eigenvalue weighted by molar-refractivity contribution is 0.0383. The number of hydrogen-bond donors (Lipinski definition) is 1. The van der Waals surface area contributed by atoms with Crippen molar-refractivity contribution < 1.29 is 9.50 Å². The zero-order valence-electron chi connectivity index (χ0n) is 15.8. The van der Waals surface area contributed by atoms with Crippen molar-refractivity contribution in [1.82, 2.24) is 14.5 Å². The van der Waals surface area contributed by atoms with Crippen molar-refractivity contribution in [1.29, 1.82) is 0 Å². The fraction of sp³-hybridized carbons (Fsp3) is 0.409. The lowest BCUT2D eigenvalue weighted by Crippen LogP contribution is -2.33. The molecule has 1 N–H and O–H groups in total. The quantitative estimate of drug-likeness (QED) is 0.708. The summed E-state index contributed by atoms with van der Waals surface area (Å²) in [6.45, 7) is 4.25. The normalized spacial score (nSPS) is 21.5. The van der Waals surface area contributed by atoms with Gasteiger partial charge in [0.2, 0.25) is 0 Å². The van der Waals surface area contributed by atoms with Gasteiger partial charge in [-0.1, -0.05) is 11.6 Å². The predicted octanol–water partition coefficient (Wildman–Crippen LogP) is 4.43. The first-order valence-electron chi connectivity index (χ1n) is 9.82. The van der Waals surface area contributed by atoms with E-state index in [1.54, 1.807) is 18.5 Å². The average molecular weight is 400 g/mol. The molecule has 0 spiro atoms. The molecule has 1 saturated heterocycles. The second-order valence-corrected chi connectivity index (χ2v) is 8.59. The summed E-state index contributed by atoms with van der Waals surface area (Å²) < 4.78 is 16.4. The summed E-state index contributed by atoms with van der Waals surface area (Å²) in [6, 6.07) is 6.96. The Kier molecular flexibility index (Phi) is 4.23. The van der Waals surface area contributed by atoms with Gasteiger partial charge in [-0.15, -0.1) is 0 Å². The van der Waals surface area contributed by atoms with Gasteiger partial charge in [0.1, 0.15) is 11.4 Å². The Hall–Kier alpha value is -1.95. The number of nitrogens with zero attached hydrogens (tertiary/aromatic N) is 3. The molecule has 2 aromatic heterocycles. The van der Waals surface area contributed by atoms with Gasteiger partial charge in [-0.3, -0.25) is 9.88 Å². The number of halogens is 2. The van der Waals surface area contributed by atoms with Crippen molar-refractivity contribution >= 4 is 22.5 Å². The van der Waals surface area contributed by atoms with Gasteiger partial charge >= 0.3 is 0 Å². The van der Waals surface area contributed by atoms with Crippen LogP contribution < -0.4 is 0 Å². The molecule has 4 nitrogen and oxygen atoms in total. The van der Waals surface area contributed by atoms with Gasteiger partial charge in [-0.25, -0.2) is 4.39 Å². The van der Waals surface area contributed by atoms with Crippen molar-refractivity contribution in [2.24, 2.45) is 0 Å². The highest BCUT2D eigenvalue weighted by Gasteiger charge is 2.37. The van der Waals surface area contributed by atoms with E-state index in [1.807, 2.05) is 19.1 Å². The van der Waals surface area contributed by atoms with E-state index in [-0.39, 0.29) is 5.82 Å². The highest BCUT2D eigenvalue weighted by atomic mass is 35.5. The summed E-state index contributed by atoms with van der Waals surface area (Å²) in [5.74, 6) is -0.312. The summed E-state index contributed by atoms with van der Waals surface area (Å²) >= 11 is 6.54. The Labute approximate surface area is 168 Å². The SMILES string of the molecule is CC(O)(Cn1c2c(c3cc(F)cc(Cl)c31)C1CCCN1CC2)c1ccncc1. The van der Waals surface area contributed by atoms with E-state index < -0.39 is 5.60 Å². The predicted molar refractivity (Wildman–Crippen MR) is 108 cm³/mol. The second-order valence-electron chi connectivity index (χ2n) is 8.18. The summed E-state index contributed by atoms with van der Waals surface area (Å²) in [7, 11) is 0. The van der Waals surface area contributed by atoms with Crippen molar-refractivity contribution in [2.45, 2.75) is 44.4 Å². The number of aromatic nitrogens is 2. The molecule has 2 unspecified atom stereocenters.